The van der Waals surface area contributed by atoms with Crippen molar-refractivity contribution in [3.63, 3.8) is 0 Å². The van der Waals surface area contributed by atoms with Crippen molar-refractivity contribution >= 4 is 0 Å². The molecule has 0 spiro atoms. The molecule has 0 aromatic heterocycles. The van der Waals surface area contributed by atoms with Crippen LogP contribution in [0.15, 0.2) is 48.5 Å². The van der Waals surface area contributed by atoms with Crippen molar-refractivity contribution in [2.75, 3.05) is 0 Å². The molecule has 94 valence electrons. The van der Waals surface area contributed by atoms with Crippen LogP contribution in [0.25, 0.3) is 0 Å². The molecule has 0 aliphatic carbocycles. The number of rotatable bonds is 4. The first-order valence-electron chi connectivity index (χ1n) is 6.12. The van der Waals surface area contributed by atoms with E-state index in [4.69, 9.17) is 4.74 Å². The van der Waals surface area contributed by atoms with E-state index < -0.39 is 0 Å². The van der Waals surface area contributed by atoms with Crippen LogP contribution in [0.4, 0.5) is 4.39 Å². The summed E-state index contributed by atoms with van der Waals surface area (Å²) in [7, 11) is 0. The first-order chi connectivity index (χ1) is 8.65. The quantitative estimate of drug-likeness (QED) is 0.767. The summed E-state index contributed by atoms with van der Waals surface area (Å²) < 4.78 is 18.7. The summed E-state index contributed by atoms with van der Waals surface area (Å²) in [6, 6.07) is 14.5. The third kappa shape index (κ3) is 3.33. The summed E-state index contributed by atoms with van der Waals surface area (Å²) in [6.45, 7) is 4.68. The highest BCUT2D eigenvalue weighted by molar-refractivity contribution is 5.30. The summed E-state index contributed by atoms with van der Waals surface area (Å²) >= 11 is 0. The Morgan fingerprint density at radius 2 is 1.83 bits per heavy atom. The zero-order chi connectivity index (χ0) is 13.0. The summed E-state index contributed by atoms with van der Waals surface area (Å²) in [4.78, 5) is 0. The Morgan fingerprint density at radius 1 is 1.06 bits per heavy atom. The summed E-state index contributed by atoms with van der Waals surface area (Å²) in [5.41, 5.74) is 2.08. The van der Waals surface area contributed by atoms with E-state index in [-0.39, 0.29) is 5.82 Å². The van der Waals surface area contributed by atoms with Crippen LogP contribution < -0.4 is 4.74 Å². The van der Waals surface area contributed by atoms with Crippen LogP contribution in [0, 0.1) is 5.82 Å². The maximum atomic E-state index is 13.0. The number of hydrogen-bond acceptors (Lipinski definition) is 1. The largest absolute Gasteiger partial charge is 0.489 e. The Balaban J connectivity index is 2.04. The van der Waals surface area contributed by atoms with Crippen molar-refractivity contribution in [3.05, 3.63) is 65.5 Å². The molecule has 2 aromatic rings. The number of halogens is 1. The van der Waals surface area contributed by atoms with Gasteiger partial charge in [0.15, 0.2) is 0 Å². The fraction of sp³-hybridized carbons (Fsp3) is 0.250. The minimum absolute atomic E-state index is 0.230. The lowest BCUT2D eigenvalue weighted by atomic mass is 10.0. The molecule has 2 aromatic carbocycles. The Labute approximate surface area is 107 Å². The molecule has 0 saturated heterocycles. The van der Waals surface area contributed by atoms with Gasteiger partial charge in [0.2, 0.25) is 0 Å². The van der Waals surface area contributed by atoms with E-state index in [0.717, 1.165) is 11.3 Å². The Kier molecular flexibility index (Phi) is 3.98. The van der Waals surface area contributed by atoms with E-state index in [0.29, 0.717) is 12.5 Å². The molecule has 0 atom stereocenters. The highest BCUT2D eigenvalue weighted by Crippen LogP contribution is 2.21. The van der Waals surface area contributed by atoms with Gasteiger partial charge in [-0.3, -0.25) is 0 Å². The summed E-state index contributed by atoms with van der Waals surface area (Å²) in [5.74, 6) is 1.07. The molecule has 18 heavy (non-hydrogen) atoms. The van der Waals surface area contributed by atoms with E-state index in [1.165, 1.54) is 17.7 Å². The second-order valence-electron chi connectivity index (χ2n) is 4.65. The maximum Gasteiger partial charge on any atom is 0.123 e. The molecule has 0 amide bonds. The first kappa shape index (κ1) is 12.6. The predicted octanol–water partition coefficient (Wildman–Crippen LogP) is 4.53. The van der Waals surface area contributed by atoms with Gasteiger partial charge in [-0.1, -0.05) is 38.1 Å². The second kappa shape index (κ2) is 5.67. The van der Waals surface area contributed by atoms with Crippen molar-refractivity contribution in [1.82, 2.24) is 0 Å². The van der Waals surface area contributed by atoms with Crippen molar-refractivity contribution in [3.8, 4) is 5.75 Å². The SMILES string of the molecule is CC(C)c1cccc(OCc2cccc(F)c2)c1. The predicted molar refractivity (Wildman–Crippen MR) is 71.3 cm³/mol. The van der Waals surface area contributed by atoms with Crippen LogP contribution >= 0.6 is 0 Å². The molecule has 0 bridgehead atoms. The lowest BCUT2D eigenvalue weighted by molar-refractivity contribution is 0.305. The van der Waals surface area contributed by atoms with Gasteiger partial charge in [0, 0.05) is 0 Å². The molecular formula is C16H17FO. The molecule has 0 saturated carbocycles. The van der Waals surface area contributed by atoms with Crippen molar-refractivity contribution in [1.29, 1.82) is 0 Å². The average molecular weight is 244 g/mol. The number of benzene rings is 2. The highest BCUT2D eigenvalue weighted by Gasteiger charge is 2.02. The maximum absolute atomic E-state index is 13.0. The normalized spacial score (nSPS) is 10.7. The molecule has 0 aliphatic rings. The second-order valence-corrected chi connectivity index (χ2v) is 4.65. The van der Waals surface area contributed by atoms with Crippen LogP contribution in [0.1, 0.15) is 30.9 Å². The smallest absolute Gasteiger partial charge is 0.123 e. The van der Waals surface area contributed by atoms with Gasteiger partial charge in [0.25, 0.3) is 0 Å². The first-order valence-corrected chi connectivity index (χ1v) is 6.12. The molecule has 2 heteroatoms. The lowest BCUT2D eigenvalue weighted by Gasteiger charge is -2.10. The Bertz CT molecular complexity index is 520. The van der Waals surface area contributed by atoms with E-state index in [9.17, 15) is 4.39 Å². The van der Waals surface area contributed by atoms with Gasteiger partial charge < -0.3 is 4.74 Å². The van der Waals surface area contributed by atoms with Crippen LogP contribution in [0.2, 0.25) is 0 Å². The molecule has 0 heterocycles. The van der Waals surface area contributed by atoms with Crippen molar-refractivity contribution in [2.45, 2.75) is 26.4 Å². The minimum atomic E-state index is -0.230. The third-order valence-corrected chi connectivity index (χ3v) is 2.82. The zero-order valence-electron chi connectivity index (χ0n) is 10.7. The molecule has 1 nitrogen and oxygen atoms in total. The zero-order valence-corrected chi connectivity index (χ0v) is 10.7. The van der Waals surface area contributed by atoms with Gasteiger partial charge in [-0.2, -0.15) is 0 Å². The van der Waals surface area contributed by atoms with Gasteiger partial charge in [-0.15, -0.1) is 0 Å². The molecule has 2 rings (SSSR count). The fourth-order valence-electron chi connectivity index (χ4n) is 1.76. The molecule has 0 N–H and O–H groups in total. The Hall–Kier alpha value is -1.83. The fourth-order valence-corrected chi connectivity index (χ4v) is 1.76. The molecule has 0 aliphatic heterocycles. The van der Waals surface area contributed by atoms with Crippen molar-refractivity contribution < 1.29 is 9.13 Å². The minimum Gasteiger partial charge on any atom is -0.489 e. The molecule has 0 radical (unpaired) electrons. The third-order valence-electron chi connectivity index (χ3n) is 2.82. The van der Waals surface area contributed by atoms with E-state index in [1.54, 1.807) is 6.07 Å². The van der Waals surface area contributed by atoms with Gasteiger partial charge in [0.1, 0.15) is 18.2 Å². The van der Waals surface area contributed by atoms with Crippen LogP contribution in [0.3, 0.4) is 0 Å². The summed E-state index contributed by atoms with van der Waals surface area (Å²) in [6.07, 6.45) is 0. The van der Waals surface area contributed by atoms with Gasteiger partial charge >= 0.3 is 0 Å². The highest BCUT2D eigenvalue weighted by atomic mass is 19.1. The molecule has 0 fully saturated rings. The molecular weight excluding hydrogens is 227 g/mol. The van der Waals surface area contributed by atoms with Gasteiger partial charge in [-0.25, -0.2) is 4.39 Å². The van der Waals surface area contributed by atoms with Crippen LogP contribution in [0.5, 0.6) is 5.75 Å². The van der Waals surface area contributed by atoms with Crippen LogP contribution in [-0.4, -0.2) is 0 Å². The Morgan fingerprint density at radius 3 is 2.56 bits per heavy atom. The number of hydrogen-bond donors (Lipinski definition) is 0. The lowest BCUT2D eigenvalue weighted by Crippen LogP contribution is -1.97. The monoisotopic (exact) mass is 244 g/mol. The van der Waals surface area contributed by atoms with E-state index in [1.807, 2.05) is 24.3 Å². The number of ether oxygens (including phenoxy) is 1. The topological polar surface area (TPSA) is 9.23 Å². The van der Waals surface area contributed by atoms with Gasteiger partial charge in [-0.05, 0) is 41.3 Å². The summed E-state index contributed by atoms with van der Waals surface area (Å²) in [5, 5.41) is 0. The van der Waals surface area contributed by atoms with Gasteiger partial charge in [0.05, 0.1) is 0 Å². The van der Waals surface area contributed by atoms with E-state index in [2.05, 4.69) is 19.9 Å². The van der Waals surface area contributed by atoms with Crippen LogP contribution in [-0.2, 0) is 6.61 Å². The standard InChI is InChI=1S/C16H17FO/c1-12(2)14-6-4-8-16(10-14)18-11-13-5-3-7-15(17)9-13/h3-10,12H,11H2,1-2H3. The van der Waals surface area contributed by atoms with E-state index >= 15 is 0 Å². The molecule has 0 unspecified atom stereocenters. The van der Waals surface area contributed by atoms with Crippen molar-refractivity contribution in [2.24, 2.45) is 0 Å². The average Bonchev–Trinajstić information content (AvgIpc) is 2.37.